The van der Waals surface area contributed by atoms with Crippen LogP contribution in [0, 0.1) is 85.2 Å². The smallest absolute Gasteiger partial charge is 0.434 e. The van der Waals surface area contributed by atoms with E-state index in [0.29, 0.717) is 58.3 Å². The van der Waals surface area contributed by atoms with Gasteiger partial charge in [0.2, 0.25) is 0 Å². The second kappa shape index (κ2) is 50.5. The summed E-state index contributed by atoms with van der Waals surface area (Å²) in [6.45, 7) is 54.1. The van der Waals surface area contributed by atoms with Crippen molar-refractivity contribution in [2.24, 2.45) is 85.2 Å². The fourth-order valence-electron chi connectivity index (χ4n) is 11.7. The number of hydrogen-bond acceptors (Lipinski definition) is 20. The Bertz CT molecular complexity index is 3630. The maximum atomic E-state index is 13.8. The molecular formula is C90H146F24O20. The third kappa shape index (κ3) is 40.7. The summed E-state index contributed by atoms with van der Waals surface area (Å²) >= 11 is 0. The zero-order valence-electron chi connectivity index (χ0n) is 83.2. The van der Waals surface area contributed by atoms with E-state index in [2.05, 4.69) is 41.9 Å². The Morgan fingerprint density at radius 2 is 0.761 bits per heavy atom. The van der Waals surface area contributed by atoms with E-state index in [1.165, 1.54) is 48.5 Å². The second-order valence-electron chi connectivity index (χ2n) is 40.7. The molecule has 0 aromatic rings. The lowest BCUT2D eigenvalue weighted by molar-refractivity contribution is -0.408. The minimum atomic E-state index is -6.06. The van der Waals surface area contributed by atoms with Gasteiger partial charge in [0.15, 0.2) is 23.9 Å². The highest BCUT2D eigenvalue weighted by atomic mass is 19.4. The molecule has 0 spiro atoms. The van der Waals surface area contributed by atoms with Gasteiger partial charge in [0.1, 0.15) is 30.8 Å². The molecule has 9 unspecified atom stereocenters. The molecule has 1 saturated heterocycles. The molecule has 0 aromatic heterocycles. The van der Waals surface area contributed by atoms with E-state index in [1.807, 2.05) is 76.2 Å². The molecule has 9 atom stereocenters. The topological polar surface area (TPSA) is 277 Å². The summed E-state index contributed by atoms with van der Waals surface area (Å²) in [5.74, 6) is -19.5. The van der Waals surface area contributed by atoms with Crippen molar-refractivity contribution in [2.75, 3.05) is 6.61 Å². The third-order valence-corrected chi connectivity index (χ3v) is 23.7. The summed E-state index contributed by atoms with van der Waals surface area (Å²) in [7, 11) is 0. The predicted octanol–water partition coefficient (Wildman–Crippen LogP) is 24.7. The van der Waals surface area contributed by atoms with Crippen LogP contribution in [-0.4, -0.2) is 185 Å². The average molecular weight is 2000 g/mol. The van der Waals surface area contributed by atoms with Gasteiger partial charge in [-0.05, 0) is 219 Å². The lowest BCUT2D eigenvalue weighted by Gasteiger charge is -2.44. The van der Waals surface area contributed by atoms with Gasteiger partial charge < -0.3 is 52.8 Å². The van der Waals surface area contributed by atoms with Gasteiger partial charge >= 0.3 is 103 Å². The van der Waals surface area contributed by atoms with Crippen LogP contribution in [0.3, 0.4) is 0 Å². The number of fused-ring (bicyclic) bond motifs is 1. The Hall–Kier alpha value is -6.53. The molecule has 0 aromatic carbocycles. The Balaban J connectivity index is -0.000000751. The SMILES string of the molecule is CCC(C)(C)C(=O)OC(C(C)C)C(C)C.CCC(C)(C)C(=O)OC(C)(C)C(O)(C(F)(F)F)C(F)(F)F.CCC(C)(C)C(=O)OC(C)C.CCC(C)(C)C(=O)OC(CC(C)C)C(F)(F)CC(F)(F)F.CCC(C)(C)C(=O)OC(CC(C)C)CC(C)(O)C(F)(F)F.CCC(C)(C)C(=O)OC1C2CC3C1OC(=O)C3C2C(=O)OC(C(F)(F)F)C(F)(F)F.CCC(C)(C)C(=O)OCC(F)(F)C(F)F. The molecule has 2 saturated carbocycles. The van der Waals surface area contributed by atoms with E-state index >= 15 is 0 Å². The molecule has 0 radical (unpaired) electrons. The van der Waals surface area contributed by atoms with Crippen LogP contribution < -0.4 is 0 Å². The van der Waals surface area contributed by atoms with Crippen molar-refractivity contribution in [2.45, 2.75) is 427 Å². The monoisotopic (exact) mass is 2000 g/mol. The number of aliphatic hydroxyl groups is 2. The molecule has 0 amide bonds. The summed E-state index contributed by atoms with van der Waals surface area (Å²) < 4.78 is 348. The second-order valence-corrected chi connectivity index (χ2v) is 40.7. The van der Waals surface area contributed by atoms with Crippen LogP contribution in [-0.2, 0) is 85.8 Å². The third-order valence-electron chi connectivity index (χ3n) is 23.7. The summed E-state index contributed by atoms with van der Waals surface area (Å²) in [5.41, 5.74) is -16.9. The van der Waals surface area contributed by atoms with E-state index in [0.717, 1.165) is 12.8 Å². The molecule has 1 heterocycles. The lowest BCUT2D eigenvalue weighted by atomic mass is 9.78. The maximum absolute atomic E-state index is 13.8. The van der Waals surface area contributed by atoms with Gasteiger partial charge in [-0.1, -0.05) is 104 Å². The van der Waals surface area contributed by atoms with Gasteiger partial charge in [-0.2, -0.15) is 87.8 Å². The largest absolute Gasteiger partial charge is 0.463 e. The number of hydrogen-bond donors (Lipinski definition) is 2. The van der Waals surface area contributed by atoms with Gasteiger partial charge in [0.05, 0.1) is 55.8 Å². The summed E-state index contributed by atoms with van der Waals surface area (Å²) in [5, 5.41) is 18.9. The first-order valence-electron chi connectivity index (χ1n) is 44.0. The van der Waals surface area contributed by atoms with Crippen LogP contribution in [0.15, 0.2) is 0 Å². The fraction of sp³-hybridized carbons (Fsp3) is 0.900. The highest BCUT2D eigenvalue weighted by Crippen LogP contribution is 2.60. The summed E-state index contributed by atoms with van der Waals surface area (Å²) in [4.78, 5) is 107. The molecule has 3 aliphatic rings. The van der Waals surface area contributed by atoms with E-state index in [-0.39, 0.29) is 72.5 Å². The first-order chi connectivity index (χ1) is 59.2. The van der Waals surface area contributed by atoms with Crippen LogP contribution in [0.2, 0.25) is 0 Å². The Labute approximate surface area is 771 Å². The molecule has 2 N–H and O–H groups in total. The maximum Gasteiger partial charge on any atom is 0.434 e. The van der Waals surface area contributed by atoms with Crippen LogP contribution in [0.1, 0.15) is 312 Å². The fourth-order valence-corrected chi connectivity index (χ4v) is 11.7. The number of halogens is 24. The zero-order chi connectivity index (χ0) is 108. The highest BCUT2D eigenvalue weighted by molar-refractivity contribution is 5.87. The van der Waals surface area contributed by atoms with E-state index in [9.17, 15) is 159 Å². The minimum absolute atomic E-state index is 0.00618. The van der Waals surface area contributed by atoms with E-state index in [1.54, 1.807) is 62.3 Å². The van der Waals surface area contributed by atoms with Crippen molar-refractivity contribution >= 4 is 53.7 Å². The average Bonchev–Trinajstić information content (AvgIpc) is 1.64. The first kappa shape index (κ1) is 134. The molecule has 134 heavy (non-hydrogen) atoms. The van der Waals surface area contributed by atoms with Gasteiger partial charge in [0.25, 0.3) is 17.6 Å². The molecule has 3 rings (SSSR count). The predicted molar refractivity (Wildman–Crippen MR) is 444 cm³/mol. The number of alkyl halides is 24. The van der Waals surface area contributed by atoms with E-state index < -0.39 is 215 Å². The van der Waals surface area contributed by atoms with Gasteiger partial charge in [0, 0.05) is 18.3 Å². The Morgan fingerprint density at radius 3 is 1.08 bits per heavy atom. The van der Waals surface area contributed by atoms with Crippen LogP contribution in [0.25, 0.3) is 0 Å². The number of esters is 9. The number of carbonyl (C=O) groups excluding carboxylic acids is 9. The minimum Gasteiger partial charge on any atom is -0.463 e. The lowest BCUT2D eigenvalue weighted by Crippen LogP contribution is -2.70. The molecule has 3 fully saturated rings. The Kier molecular flexibility index (Phi) is 50.4. The summed E-state index contributed by atoms with van der Waals surface area (Å²) in [6, 6.07) is 0. The van der Waals surface area contributed by atoms with E-state index in [4.69, 9.17) is 28.4 Å². The van der Waals surface area contributed by atoms with Gasteiger partial charge in [-0.15, -0.1) is 0 Å². The van der Waals surface area contributed by atoms with Crippen LogP contribution >= 0.6 is 0 Å². The first-order valence-corrected chi connectivity index (χ1v) is 44.0. The molecule has 2 aliphatic carbocycles. The van der Waals surface area contributed by atoms with Gasteiger partial charge in [-0.25, -0.2) is 17.6 Å². The number of carbonyl (C=O) groups is 9. The van der Waals surface area contributed by atoms with Crippen molar-refractivity contribution in [1.29, 1.82) is 0 Å². The standard InChI is InChI=1S/C18H20F6O6.C15H27F3O3.C14H23F5O2.C13H26O2.C12H18F6O3.C9H14F4O2.C9H18O2/c1-4-16(2,3)15(27)29-11-7-5-6-8(12(25)28-10(6)11)9(7)13(26)30-14(17(19,20)21)18(22,23)24;1-7-13(4,5)12(19)21-11(8-10(2)3)9-14(6,20)15(16,17)18;1-6-12(4,5)11(20)21-10(7-9(2)3)13(15,16)8-14(17,18)19;1-8-13(6,7)12(14)15-11(9(2)3)10(4)5;1-6-8(2,3)7(19)21-9(4,5)10(20,11(13,14)15)12(16,17)18;1-4-8(2,3)7(14)15-5-9(12,13)6(10)11;1-6-9(4,5)8(10)11-7(2)3/h6-11,14H,4-5H2,1-3H3;10-11,20H,7-9H2,1-6H3;9-10H,6-8H2,1-5H3;9-11H,8H2,1-7H3;20H,6H2,1-5H3;6H,4-5H2,1-3H3;7H,6H2,1-5H3. The number of ether oxygens (including phenoxy) is 9. The zero-order valence-corrected chi connectivity index (χ0v) is 83.2. The molecule has 20 nitrogen and oxygen atoms in total. The molecule has 44 heteroatoms. The molecule has 2 bridgehead atoms. The van der Waals surface area contributed by atoms with Crippen molar-refractivity contribution < 1.29 is 201 Å². The number of rotatable bonds is 36. The summed E-state index contributed by atoms with van der Waals surface area (Å²) in [6.07, 6.45) is -46.3. The van der Waals surface area contributed by atoms with Crippen LogP contribution in [0.4, 0.5) is 105 Å². The highest BCUT2D eigenvalue weighted by Gasteiger charge is 2.79. The molecule has 794 valence electrons. The molecule has 1 aliphatic heterocycles. The van der Waals surface area contributed by atoms with Crippen molar-refractivity contribution in [3.05, 3.63) is 0 Å². The van der Waals surface area contributed by atoms with Crippen molar-refractivity contribution in [3.8, 4) is 0 Å². The molecular weight excluding hydrogens is 1860 g/mol. The Morgan fingerprint density at radius 1 is 0.418 bits per heavy atom. The van der Waals surface area contributed by atoms with Crippen LogP contribution in [0.5, 0.6) is 0 Å². The quantitative estimate of drug-likeness (QED) is 0.0335. The van der Waals surface area contributed by atoms with Crippen molar-refractivity contribution in [3.63, 3.8) is 0 Å². The van der Waals surface area contributed by atoms with Crippen molar-refractivity contribution in [1.82, 2.24) is 0 Å². The van der Waals surface area contributed by atoms with Gasteiger partial charge in [-0.3, -0.25) is 43.2 Å². The normalized spacial score (nSPS) is 18.7.